The van der Waals surface area contributed by atoms with Gasteiger partial charge in [-0.1, -0.05) is 23.8 Å². The van der Waals surface area contributed by atoms with Crippen LogP contribution in [0.4, 0.5) is 16.4 Å². The molecule has 2 heterocycles. The number of aryl methyl sites for hydroxylation is 4. The number of amides is 1. The molecule has 0 radical (unpaired) electrons. The number of aliphatic imine (C=N–C) groups is 1. The first kappa shape index (κ1) is 26.7. The molecular weight excluding hydrogens is 530 g/mol. The molecule has 1 amide bonds. The number of fused-ring (bicyclic) bond motifs is 1. The summed E-state index contributed by atoms with van der Waals surface area (Å²) in [6.07, 6.45) is 5.49. The molecule has 39 heavy (non-hydrogen) atoms. The summed E-state index contributed by atoms with van der Waals surface area (Å²) in [7, 11) is 0. The number of nitrogens with zero attached hydrogens (tertiary/aromatic N) is 4. The molecule has 8 nitrogen and oxygen atoms in total. The van der Waals surface area contributed by atoms with E-state index in [4.69, 9.17) is 0 Å². The minimum absolute atomic E-state index is 0.0467. The SMILES string of the molecule is Cc1ccc(NC(=O)c2c(N=Cc3ccc(Sc4nc(C)cc(C)n4)c([N+](=O)[O-])c3)sc3c2CCCC3)cc1. The first-order chi connectivity index (χ1) is 18.8. The van der Waals surface area contributed by atoms with Crippen molar-refractivity contribution >= 4 is 51.6 Å². The predicted molar refractivity (Wildman–Crippen MR) is 156 cm³/mol. The van der Waals surface area contributed by atoms with E-state index < -0.39 is 4.92 Å². The fourth-order valence-corrected chi connectivity index (χ4v) is 6.70. The highest BCUT2D eigenvalue weighted by molar-refractivity contribution is 7.99. The van der Waals surface area contributed by atoms with Crippen LogP contribution in [-0.4, -0.2) is 27.0 Å². The summed E-state index contributed by atoms with van der Waals surface area (Å²) in [6.45, 7) is 5.73. The zero-order chi connectivity index (χ0) is 27.5. The maximum Gasteiger partial charge on any atom is 0.283 e. The van der Waals surface area contributed by atoms with Crippen molar-refractivity contribution in [3.05, 3.63) is 97.2 Å². The predicted octanol–water partition coefficient (Wildman–Crippen LogP) is 7.40. The first-order valence-electron chi connectivity index (χ1n) is 12.6. The molecule has 2 aromatic heterocycles. The largest absolute Gasteiger partial charge is 0.322 e. The van der Waals surface area contributed by atoms with Crippen LogP contribution in [0.2, 0.25) is 0 Å². The molecule has 0 unspecified atom stereocenters. The molecule has 1 aliphatic rings. The van der Waals surface area contributed by atoms with Crippen LogP contribution in [0.5, 0.6) is 0 Å². The van der Waals surface area contributed by atoms with Gasteiger partial charge in [0.15, 0.2) is 5.16 Å². The number of rotatable bonds is 7. The van der Waals surface area contributed by atoms with E-state index in [1.165, 1.54) is 22.3 Å². The molecule has 0 aliphatic heterocycles. The highest BCUT2D eigenvalue weighted by Gasteiger charge is 2.25. The third-order valence-corrected chi connectivity index (χ3v) is 8.49. The van der Waals surface area contributed by atoms with Crippen LogP contribution in [0.3, 0.4) is 0 Å². The van der Waals surface area contributed by atoms with E-state index in [0.717, 1.165) is 65.6 Å². The summed E-state index contributed by atoms with van der Waals surface area (Å²) in [5, 5.41) is 16.0. The molecule has 198 valence electrons. The van der Waals surface area contributed by atoms with Gasteiger partial charge in [-0.15, -0.1) is 11.3 Å². The molecule has 0 fully saturated rings. The van der Waals surface area contributed by atoms with Gasteiger partial charge in [0.2, 0.25) is 0 Å². The van der Waals surface area contributed by atoms with Crippen LogP contribution in [0.1, 0.15) is 56.2 Å². The van der Waals surface area contributed by atoms with Gasteiger partial charge in [0.25, 0.3) is 11.6 Å². The number of benzene rings is 2. The number of hydrogen-bond acceptors (Lipinski definition) is 8. The fraction of sp³-hybridized carbons (Fsp3) is 0.241. The summed E-state index contributed by atoms with van der Waals surface area (Å²) in [4.78, 5) is 40.0. The Balaban J connectivity index is 1.44. The number of aromatic nitrogens is 2. The molecule has 10 heteroatoms. The van der Waals surface area contributed by atoms with Gasteiger partial charge in [-0.25, -0.2) is 15.0 Å². The molecule has 0 spiro atoms. The van der Waals surface area contributed by atoms with Crippen LogP contribution in [0.25, 0.3) is 0 Å². The molecule has 4 aromatic rings. The summed E-state index contributed by atoms with van der Waals surface area (Å²) < 4.78 is 0. The van der Waals surface area contributed by atoms with Crippen LogP contribution < -0.4 is 5.32 Å². The molecule has 1 N–H and O–H groups in total. The lowest BCUT2D eigenvalue weighted by atomic mass is 9.95. The molecular formula is C29H27N5O3S2. The second kappa shape index (κ2) is 11.5. The number of hydrogen-bond donors (Lipinski definition) is 1. The molecule has 0 saturated carbocycles. The standard InChI is InChI=1S/C29H27N5O3S2/c1-17-8-11-21(12-9-17)33-27(35)26-22-6-4-5-7-24(22)38-28(26)30-16-20-10-13-25(23(15-20)34(36)37)39-29-31-18(2)14-19(3)32-29/h8-16H,4-7H2,1-3H3,(H,33,35). The van der Waals surface area contributed by atoms with Crippen molar-refractivity contribution in [1.82, 2.24) is 9.97 Å². The Bertz CT molecular complexity index is 1580. The minimum atomic E-state index is -0.410. The van der Waals surface area contributed by atoms with Crippen molar-refractivity contribution < 1.29 is 9.72 Å². The van der Waals surface area contributed by atoms with Gasteiger partial charge in [0.05, 0.1) is 15.4 Å². The topological polar surface area (TPSA) is 110 Å². The monoisotopic (exact) mass is 557 g/mol. The molecule has 2 aromatic carbocycles. The Hall–Kier alpha value is -3.89. The van der Waals surface area contributed by atoms with Crippen molar-refractivity contribution in [2.45, 2.75) is 56.5 Å². The van der Waals surface area contributed by atoms with Gasteiger partial charge in [-0.3, -0.25) is 14.9 Å². The zero-order valence-electron chi connectivity index (χ0n) is 21.9. The average Bonchev–Trinajstić information content (AvgIpc) is 3.27. The van der Waals surface area contributed by atoms with E-state index in [1.54, 1.807) is 18.3 Å². The van der Waals surface area contributed by atoms with E-state index in [1.807, 2.05) is 51.1 Å². The minimum Gasteiger partial charge on any atom is -0.322 e. The Morgan fingerprint density at radius 3 is 2.49 bits per heavy atom. The number of nitrogens with one attached hydrogen (secondary N) is 1. The Morgan fingerprint density at radius 2 is 1.77 bits per heavy atom. The van der Waals surface area contributed by atoms with Gasteiger partial charge < -0.3 is 5.32 Å². The van der Waals surface area contributed by atoms with Crippen molar-refractivity contribution in [1.29, 1.82) is 0 Å². The summed E-state index contributed by atoms with van der Waals surface area (Å²) in [5.41, 5.74) is 5.64. The number of carbonyl (C=O) groups is 1. The van der Waals surface area contributed by atoms with Crippen molar-refractivity contribution in [2.75, 3.05) is 5.32 Å². The Morgan fingerprint density at radius 1 is 1.05 bits per heavy atom. The van der Waals surface area contributed by atoms with E-state index in [0.29, 0.717) is 26.2 Å². The highest BCUT2D eigenvalue weighted by atomic mass is 32.2. The number of nitro groups is 1. The normalized spacial score (nSPS) is 12.9. The zero-order valence-corrected chi connectivity index (χ0v) is 23.5. The smallest absolute Gasteiger partial charge is 0.283 e. The Labute approximate surface area is 234 Å². The van der Waals surface area contributed by atoms with E-state index in [9.17, 15) is 14.9 Å². The molecule has 0 saturated heterocycles. The lowest BCUT2D eigenvalue weighted by molar-refractivity contribution is -0.387. The lowest BCUT2D eigenvalue weighted by Crippen LogP contribution is -2.14. The number of nitro benzene ring substituents is 1. The van der Waals surface area contributed by atoms with Gasteiger partial charge >= 0.3 is 0 Å². The average molecular weight is 558 g/mol. The van der Waals surface area contributed by atoms with Crippen LogP contribution >= 0.6 is 23.1 Å². The molecule has 1 aliphatic carbocycles. The van der Waals surface area contributed by atoms with Gasteiger partial charge in [0.1, 0.15) is 5.00 Å². The maximum atomic E-state index is 13.4. The number of thiophene rings is 1. The third kappa shape index (κ3) is 6.23. The lowest BCUT2D eigenvalue weighted by Gasteiger charge is -2.13. The summed E-state index contributed by atoms with van der Waals surface area (Å²) >= 11 is 2.69. The maximum absolute atomic E-state index is 13.4. The van der Waals surface area contributed by atoms with Gasteiger partial charge in [0, 0.05) is 34.2 Å². The number of carbonyl (C=O) groups excluding carboxylic acids is 1. The summed E-state index contributed by atoms with van der Waals surface area (Å²) in [5.74, 6) is -0.184. The van der Waals surface area contributed by atoms with Crippen LogP contribution in [0, 0.1) is 30.9 Å². The number of anilines is 1. The van der Waals surface area contributed by atoms with E-state index in [2.05, 4.69) is 20.3 Å². The van der Waals surface area contributed by atoms with E-state index >= 15 is 0 Å². The third-order valence-electron chi connectivity index (χ3n) is 6.36. The fourth-order valence-electron chi connectivity index (χ4n) is 4.52. The van der Waals surface area contributed by atoms with Crippen LogP contribution in [-0.2, 0) is 12.8 Å². The van der Waals surface area contributed by atoms with Crippen molar-refractivity contribution in [2.24, 2.45) is 4.99 Å². The highest BCUT2D eigenvalue weighted by Crippen LogP contribution is 2.40. The second-order valence-corrected chi connectivity index (χ2v) is 11.6. The van der Waals surface area contributed by atoms with Crippen LogP contribution in [0.15, 0.2) is 63.6 Å². The molecule has 5 rings (SSSR count). The Kier molecular flexibility index (Phi) is 7.85. The molecule has 0 atom stereocenters. The quantitative estimate of drug-likeness (QED) is 0.110. The van der Waals surface area contributed by atoms with Crippen molar-refractivity contribution in [3.8, 4) is 0 Å². The van der Waals surface area contributed by atoms with Gasteiger partial charge in [-0.2, -0.15) is 0 Å². The second-order valence-electron chi connectivity index (χ2n) is 9.49. The van der Waals surface area contributed by atoms with Gasteiger partial charge in [-0.05, 0) is 93.6 Å². The molecule has 0 bridgehead atoms. The van der Waals surface area contributed by atoms with E-state index in [-0.39, 0.29) is 11.6 Å². The first-order valence-corrected chi connectivity index (χ1v) is 14.3. The van der Waals surface area contributed by atoms with Crippen molar-refractivity contribution in [3.63, 3.8) is 0 Å². The summed E-state index contributed by atoms with van der Waals surface area (Å²) in [6, 6.07) is 14.5.